The largest absolute Gasteiger partial charge is 0.449 e. The van der Waals surface area contributed by atoms with Gasteiger partial charge in [0.25, 0.3) is 0 Å². The van der Waals surface area contributed by atoms with Crippen molar-refractivity contribution in [1.29, 1.82) is 0 Å². The molecule has 0 unspecified atom stereocenters. The van der Waals surface area contributed by atoms with Crippen molar-refractivity contribution in [2.75, 3.05) is 12.2 Å². The summed E-state index contributed by atoms with van der Waals surface area (Å²) >= 11 is 0. The lowest BCUT2D eigenvalue weighted by molar-refractivity contribution is -0.138. The Labute approximate surface area is 53.7 Å². The Morgan fingerprint density at radius 1 is 1.56 bits per heavy atom. The molecule has 0 fully saturated rings. The summed E-state index contributed by atoms with van der Waals surface area (Å²) in [5, 5.41) is 0. The van der Waals surface area contributed by atoms with Crippen molar-refractivity contribution in [3.05, 3.63) is 0 Å². The van der Waals surface area contributed by atoms with Crippen LogP contribution in [0.5, 0.6) is 0 Å². The van der Waals surface area contributed by atoms with Crippen molar-refractivity contribution in [1.82, 2.24) is 0 Å². The predicted molar refractivity (Wildman–Crippen MR) is 31.5 cm³/mol. The van der Waals surface area contributed by atoms with Crippen molar-refractivity contribution >= 4 is 15.8 Å². The Morgan fingerprint density at radius 2 is 2.00 bits per heavy atom. The molecular weight excluding hydrogens is 144 g/mol. The fourth-order valence-corrected chi connectivity index (χ4v) is 0.570. The molecule has 0 rings (SSSR count). The van der Waals surface area contributed by atoms with Gasteiger partial charge in [0.05, 0.1) is 0 Å². The Morgan fingerprint density at radius 3 is 2.11 bits per heavy atom. The van der Waals surface area contributed by atoms with Crippen LogP contribution in [0.2, 0.25) is 0 Å². The molecular formula is C4H8O4S. The number of rotatable bonds is 2. The van der Waals surface area contributed by atoms with E-state index >= 15 is 0 Å². The third-order valence-electron chi connectivity index (χ3n) is 0.476. The summed E-state index contributed by atoms with van der Waals surface area (Å²) < 4.78 is 24.7. The van der Waals surface area contributed by atoms with Gasteiger partial charge in [-0.3, -0.25) is 4.79 Å². The van der Waals surface area contributed by atoms with Crippen LogP contribution in [0.1, 0.15) is 6.92 Å². The molecule has 0 atom stereocenters. The SMILES string of the molecule is CC(=O)OCS(C)(=O)=O. The van der Waals surface area contributed by atoms with Gasteiger partial charge in [-0.1, -0.05) is 0 Å². The van der Waals surface area contributed by atoms with E-state index in [1.807, 2.05) is 0 Å². The maximum absolute atomic E-state index is 10.3. The van der Waals surface area contributed by atoms with E-state index in [0.29, 0.717) is 0 Å². The van der Waals surface area contributed by atoms with Gasteiger partial charge < -0.3 is 4.74 Å². The van der Waals surface area contributed by atoms with Crippen LogP contribution < -0.4 is 0 Å². The summed E-state index contributed by atoms with van der Waals surface area (Å²) in [5.74, 6) is -1.11. The summed E-state index contributed by atoms with van der Waals surface area (Å²) in [6, 6.07) is 0. The zero-order chi connectivity index (χ0) is 7.49. The van der Waals surface area contributed by atoms with Crippen molar-refractivity contribution in [3.63, 3.8) is 0 Å². The van der Waals surface area contributed by atoms with Gasteiger partial charge in [0.15, 0.2) is 15.8 Å². The molecule has 9 heavy (non-hydrogen) atoms. The van der Waals surface area contributed by atoms with Crippen LogP contribution in [0, 0.1) is 0 Å². The molecule has 0 saturated carbocycles. The first-order valence-corrected chi connectivity index (χ1v) is 4.29. The number of hydrogen-bond acceptors (Lipinski definition) is 4. The van der Waals surface area contributed by atoms with Crippen molar-refractivity contribution in [2.24, 2.45) is 0 Å². The van der Waals surface area contributed by atoms with E-state index in [1.165, 1.54) is 0 Å². The Kier molecular flexibility index (Phi) is 2.64. The molecule has 0 amide bonds. The topological polar surface area (TPSA) is 60.4 Å². The molecule has 0 spiro atoms. The van der Waals surface area contributed by atoms with Crippen LogP contribution in [-0.4, -0.2) is 26.6 Å². The first-order valence-electron chi connectivity index (χ1n) is 2.23. The van der Waals surface area contributed by atoms with Crippen LogP contribution in [0.15, 0.2) is 0 Å². The molecule has 0 aliphatic carbocycles. The average molecular weight is 152 g/mol. The molecule has 0 aromatic carbocycles. The number of ether oxygens (including phenoxy) is 1. The summed E-state index contributed by atoms with van der Waals surface area (Å²) in [5.41, 5.74) is 0. The van der Waals surface area contributed by atoms with E-state index in [-0.39, 0.29) is 0 Å². The molecule has 0 aromatic rings. The fourth-order valence-electron chi connectivity index (χ4n) is 0.190. The lowest BCUT2D eigenvalue weighted by atomic mass is 10.8. The molecule has 0 radical (unpaired) electrons. The second-order valence-electron chi connectivity index (χ2n) is 1.68. The Bertz CT molecular complexity index is 191. The summed E-state index contributed by atoms with van der Waals surface area (Å²) in [7, 11) is -3.16. The zero-order valence-corrected chi connectivity index (χ0v) is 6.06. The van der Waals surface area contributed by atoms with E-state index in [4.69, 9.17) is 0 Å². The second kappa shape index (κ2) is 2.82. The highest BCUT2D eigenvalue weighted by molar-refractivity contribution is 7.90. The number of hydrogen-bond donors (Lipinski definition) is 0. The molecule has 0 aliphatic rings. The molecule has 0 bridgehead atoms. The van der Waals surface area contributed by atoms with Crippen LogP contribution in [0.3, 0.4) is 0 Å². The predicted octanol–water partition coefficient (Wildman–Crippen LogP) is -0.448. The molecule has 5 heteroatoms. The highest BCUT2D eigenvalue weighted by atomic mass is 32.2. The highest BCUT2D eigenvalue weighted by Crippen LogP contribution is 1.84. The Hall–Kier alpha value is -0.580. The van der Waals surface area contributed by atoms with Gasteiger partial charge in [-0.25, -0.2) is 8.42 Å². The van der Waals surface area contributed by atoms with E-state index in [1.54, 1.807) is 0 Å². The zero-order valence-electron chi connectivity index (χ0n) is 5.25. The third-order valence-corrected chi connectivity index (χ3v) is 1.02. The lowest BCUT2D eigenvalue weighted by Gasteiger charge is -1.96. The van der Waals surface area contributed by atoms with Gasteiger partial charge >= 0.3 is 5.97 Å². The van der Waals surface area contributed by atoms with E-state index in [0.717, 1.165) is 13.2 Å². The van der Waals surface area contributed by atoms with Crippen LogP contribution in [0.4, 0.5) is 0 Å². The van der Waals surface area contributed by atoms with Crippen molar-refractivity contribution in [2.45, 2.75) is 6.92 Å². The second-order valence-corrected chi connectivity index (χ2v) is 3.77. The minimum Gasteiger partial charge on any atom is -0.449 e. The number of esters is 1. The summed E-state index contributed by atoms with van der Waals surface area (Å²) in [4.78, 5) is 10.0. The number of sulfone groups is 1. The lowest BCUT2D eigenvalue weighted by Crippen LogP contribution is -2.09. The minimum absolute atomic E-state index is 0.525. The highest BCUT2D eigenvalue weighted by Gasteiger charge is 2.02. The quantitative estimate of drug-likeness (QED) is 0.503. The van der Waals surface area contributed by atoms with Gasteiger partial charge in [0, 0.05) is 13.2 Å². The normalized spacial score (nSPS) is 10.9. The van der Waals surface area contributed by atoms with E-state index in [9.17, 15) is 13.2 Å². The van der Waals surface area contributed by atoms with Crippen molar-refractivity contribution in [3.8, 4) is 0 Å². The standard InChI is InChI=1S/C4H8O4S/c1-4(5)8-3-9(2,6)7/h3H2,1-2H3. The maximum atomic E-state index is 10.3. The van der Waals surface area contributed by atoms with Gasteiger partial charge in [0.2, 0.25) is 0 Å². The van der Waals surface area contributed by atoms with Crippen molar-refractivity contribution < 1.29 is 17.9 Å². The molecule has 54 valence electrons. The monoisotopic (exact) mass is 152 g/mol. The van der Waals surface area contributed by atoms with Crippen LogP contribution in [-0.2, 0) is 19.4 Å². The average Bonchev–Trinajstić information content (AvgIpc) is 1.59. The van der Waals surface area contributed by atoms with E-state index < -0.39 is 21.7 Å². The first kappa shape index (κ1) is 8.42. The summed E-state index contributed by atoms with van der Waals surface area (Å²) in [6.07, 6.45) is 0.996. The smallest absolute Gasteiger partial charge is 0.303 e. The third kappa shape index (κ3) is 7.42. The van der Waals surface area contributed by atoms with Gasteiger partial charge in [-0.15, -0.1) is 0 Å². The van der Waals surface area contributed by atoms with E-state index in [2.05, 4.69) is 4.74 Å². The summed E-state index contributed by atoms with van der Waals surface area (Å²) in [6.45, 7) is 1.16. The Balaban J connectivity index is 3.67. The van der Waals surface area contributed by atoms with Crippen LogP contribution in [0.25, 0.3) is 0 Å². The molecule has 0 aliphatic heterocycles. The molecule has 0 saturated heterocycles. The minimum atomic E-state index is -3.16. The molecule has 4 nitrogen and oxygen atoms in total. The number of carbonyl (C=O) groups is 1. The molecule has 0 aromatic heterocycles. The fraction of sp³-hybridized carbons (Fsp3) is 0.750. The first-order chi connectivity index (χ1) is 3.92. The molecule has 0 heterocycles. The molecule has 0 N–H and O–H groups in total. The maximum Gasteiger partial charge on any atom is 0.303 e. The van der Waals surface area contributed by atoms with Gasteiger partial charge in [-0.05, 0) is 0 Å². The van der Waals surface area contributed by atoms with Gasteiger partial charge in [0.1, 0.15) is 0 Å². The van der Waals surface area contributed by atoms with Crippen LogP contribution >= 0.6 is 0 Å². The van der Waals surface area contributed by atoms with Gasteiger partial charge in [-0.2, -0.15) is 0 Å². The number of carbonyl (C=O) groups excluding carboxylic acids is 1.